The molecular formula is C16H17NO4. The summed E-state index contributed by atoms with van der Waals surface area (Å²) >= 11 is 0. The van der Waals surface area contributed by atoms with Crippen molar-refractivity contribution in [3.63, 3.8) is 0 Å². The SMILES string of the molecule is CC1(C)C2C(=O)N(C(CC(=O)O)c3ccccc3)C(=O)C21. The molecular weight excluding hydrogens is 270 g/mol. The van der Waals surface area contributed by atoms with E-state index in [1.807, 2.05) is 19.9 Å². The summed E-state index contributed by atoms with van der Waals surface area (Å²) in [7, 11) is 0. The van der Waals surface area contributed by atoms with Gasteiger partial charge in [0.05, 0.1) is 24.3 Å². The molecule has 3 rings (SSSR count). The van der Waals surface area contributed by atoms with Gasteiger partial charge in [-0.05, 0) is 11.0 Å². The number of carbonyl (C=O) groups is 3. The molecule has 21 heavy (non-hydrogen) atoms. The van der Waals surface area contributed by atoms with Crippen molar-refractivity contribution in [2.45, 2.75) is 26.3 Å². The monoisotopic (exact) mass is 287 g/mol. The van der Waals surface area contributed by atoms with Crippen LogP contribution in [0.2, 0.25) is 0 Å². The molecule has 1 heterocycles. The molecule has 0 radical (unpaired) electrons. The van der Waals surface area contributed by atoms with Crippen LogP contribution >= 0.6 is 0 Å². The third-order valence-electron chi connectivity index (χ3n) is 4.70. The van der Waals surface area contributed by atoms with Crippen LogP contribution in [0.4, 0.5) is 0 Å². The quantitative estimate of drug-likeness (QED) is 0.857. The summed E-state index contributed by atoms with van der Waals surface area (Å²) < 4.78 is 0. The van der Waals surface area contributed by atoms with Crippen LogP contribution in [-0.2, 0) is 14.4 Å². The van der Waals surface area contributed by atoms with Crippen LogP contribution in [0.25, 0.3) is 0 Å². The Bertz CT molecular complexity index is 598. The maximum atomic E-state index is 12.5. The van der Waals surface area contributed by atoms with Crippen LogP contribution in [0, 0.1) is 17.3 Å². The van der Waals surface area contributed by atoms with E-state index in [9.17, 15) is 14.4 Å². The lowest BCUT2D eigenvalue weighted by atomic mass is 9.99. The van der Waals surface area contributed by atoms with Crippen molar-refractivity contribution in [1.29, 1.82) is 0 Å². The molecule has 1 N–H and O–H groups in total. The van der Waals surface area contributed by atoms with Crippen LogP contribution in [0.15, 0.2) is 30.3 Å². The molecule has 2 fully saturated rings. The van der Waals surface area contributed by atoms with Crippen molar-refractivity contribution >= 4 is 17.8 Å². The highest BCUT2D eigenvalue weighted by Gasteiger charge is 2.73. The number of piperidine rings is 1. The van der Waals surface area contributed by atoms with Gasteiger partial charge in [0.15, 0.2) is 0 Å². The minimum atomic E-state index is -1.02. The Morgan fingerprint density at radius 2 is 1.71 bits per heavy atom. The molecule has 1 aromatic rings. The summed E-state index contributed by atoms with van der Waals surface area (Å²) in [6, 6.07) is 8.16. The third-order valence-corrected chi connectivity index (χ3v) is 4.70. The number of carboxylic acid groups (broad SMARTS) is 1. The lowest BCUT2D eigenvalue weighted by Crippen LogP contribution is -2.40. The Hall–Kier alpha value is -2.17. The summed E-state index contributed by atoms with van der Waals surface area (Å²) in [5, 5.41) is 9.11. The van der Waals surface area contributed by atoms with Gasteiger partial charge < -0.3 is 5.11 Å². The number of carbonyl (C=O) groups excluding carboxylic acids is 2. The number of imide groups is 1. The molecule has 2 aliphatic rings. The second-order valence-electron chi connectivity index (χ2n) is 6.35. The molecule has 3 unspecified atom stereocenters. The molecule has 5 heteroatoms. The van der Waals surface area contributed by atoms with E-state index in [-0.39, 0.29) is 35.5 Å². The van der Waals surface area contributed by atoms with Crippen LogP contribution in [0.3, 0.4) is 0 Å². The van der Waals surface area contributed by atoms with E-state index >= 15 is 0 Å². The number of rotatable bonds is 4. The summed E-state index contributed by atoms with van der Waals surface area (Å²) in [5.74, 6) is -2.06. The Labute approximate surface area is 122 Å². The molecule has 1 saturated carbocycles. The Kier molecular flexibility index (Phi) is 2.90. The normalized spacial score (nSPS) is 27.4. The van der Waals surface area contributed by atoms with Gasteiger partial charge in [-0.1, -0.05) is 44.2 Å². The lowest BCUT2D eigenvalue weighted by molar-refractivity contribution is -0.148. The van der Waals surface area contributed by atoms with Crippen molar-refractivity contribution in [1.82, 2.24) is 4.90 Å². The highest BCUT2D eigenvalue weighted by Crippen LogP contribution is 2.64. The molecule has 3 atom stereocenters. The van der Waals surface area contributed by atoms with Gasteiger partial charge in [-0.15, -0.1) is 0 Å². The summed E-state index contributed by atoms with van der Waals surface area (Å²) in [6.45, 7) is 3.81. The van der Waals surface area contributed by atoms with Crippen LogP contribution in [0.5, 0.6) is 0 Å². The number of carboxylic acids is 1. The van der Waals surface area contributed by atoms with Crippen molar-refractivity contribution in [2.24, 2.45) is 17.3 Å². The third kappa shape index (κ3) is 1.95. The Morgan fingerprint density at radius 1 is 1.19 bits per heavy atom. The first-order valence-electron chi connectivity index (χ1n) is 6.99. The predicted molar refractivity (Wildman–Crippen MR) is 74.0 cm³/mol. The Morgan fingerprint density at radius 3 is 2.19 bits per heavy atom. The molecule has 110 valence electrons. The number of fused-ring (bicyclic) bond motifs is 1. The van der Waals surface area contributed by atoms with Crippen molar-refractivity contribution in [3.05, 3.63) is 35.9 Å². The molecule has 1 aliphatic heterocycles. The summed E-state index contributed by atoms with van der Waals surface area (Å²) in [5.41, 5.74) is 0.399. The fourth-order valence-corrected chi connectivity index (χ4v) is 3.47. The number of likely N-dealkylation sites (tertiary alicyclic amines) is 1. The van der Waals surface area contributed by atoms with E-state index in [4.69, 9.17) is 5.11 Å². The van der Waals surface area contributed by atoms with E-state index in [1.165, 1.54) is 4.90 Å². The Balaban J connectivity index is 1.94. The molecule has 0 aromatic heterocycles. The van der Waals surface area contributed by atoms with Crippen molar-refractivity contribution < 1.29 is 19.5 Å². The van der Waals surface area contributed by atoms with E-state index in [2.05, 4.69) is 0 Å². The summed E-state index contributed by atoms with van der Waals surface area (Å²) in [4.78, 5) is 37.3. The molecule has 2 amide bonds. The predicted octanol–water partition coefficient (Wildman–Crippen LogP) is 1.84. The molecule has 0 bridgehead atoms. The topological polar surface area (TPSA) is 74.7 Å². The smallest absolute Gasteiger partial charge is 0.305 e. The van der Waals surface area contributed by atoms with E-state index < -0.39 is 12.0 Å². The molecule has 1 aliphatic carbocycles. The van der Waals surface area contributed by atoms with Crippen molar-refractivity contribution in [2.75, 3.05) is 0 Å². The van der Waals surface area contributed by atoms with Gasteiger partial charge in [0, 0.05) is 0 Å². The van der Waals surface area contributed by atoms with Crippen molar-refractivity contribution in [3.8, 4) is 0 Å². The second kappa shape index (κ2) is 4.41. The van der Waals surface area contributed by atoms with Crippen LogP contribution in [-0.4, -0.2) is 27.8 Å². The molecule has 1 aromatic carbocycles. The number of aliphatic carboxylic acids is 1. The maximum absolute atomic E-state index is 12.5. The minimum absolute atomic E-state index is 0.231. The average molecular weight is 287 g/mol. The number of benzene rings is 1. The van der Waals surface area contributed by atoms with E-state index in [0.29, 0.717) is 5.56 Å². The zero-order chi connectivity index (χ0) is 15.4. The van der Waals surface area contributed by atoms with Gasteiger partial charge in [-0.3, -0.25) is 19.3 Å². The zero-order valence-corrected chi connectivity index (χ0v) is 11.9. The van der Waals surface area contributed by atoms with Gasteiger partial charge in [0.1, 0.15) is 0 Å². The first-order chi connectivity index (χ1) is 9.85. The highest BCUT2D eigenvalue weighted by atomic mass is 16.4. The fraction of sp³-hybridized carbons (Fsp3) is 0.438. The lowest BCUT2D eigenvalue weighted by Gasteiger charge is -2.29. The van der Waals surface area contributed by atoms with Crippen LogP contribution in [0.1, 0.15) is 31.9 Å². The minimum Gasteiger partial charge on any atom is -0.481 e. The fourth-order valence-electron chi connectivity index (χ4n) is 3.47. The number of hydrogen-bond donors (Lipinski definition) is 1. The van der Waals surface area contributed by atoms with Gasteiger partial charge in [0.25, 0.3) is 0 Å². The molecule has 0 spiro atoms. The van der Waals surface area contributed by atoms with Gasteiger partial charge in [-0.2, -0.15) is 0 Å². The largest absolute Gasteiger partial charge is 0.481 e. The van der Waals surface area contributed by atoms with Gasteiger partial charge in [-0.25, -0.2) is 0 Å². The maximum Gasteiger partial charge on any atom is 0.305 e. The molecule has 1 saturated heterocycles. The van der Waals surface area contributed by atoms with Gasteiger partial charge >= 0.3 is 5.97 Å². The number of hydrogen-bond acceptors (Lipinski definition) is 3. The first kappa shape index (κ1) is 13.8. The molecule has 5 nitrogen and oxygen atoms in total. The zero-order valence-electron chi connectivity index (χ0n) is 11.9. The van der Waals surface area contributed by atoms with Crippen LogP contribution < -0.4 is 0 Å². The number of nitrogens with zero attached hydrogens (tertiary/aromatic N) is 1. The standard InChI is InChI=1S/C16H17NO4/c1-16(2)12-13(16)15(21)17(14(12)20)10(8-11(18)19)9-6-4-3-5-7-9/h3-7,10,12-13H,8H2,1-2H3,(H,18,19). The van der Waals surface area contributed by atoms with E-state index in [1.54, 1.807) is 24.3 Å². The second-order valence-corrected chi connectivity index (χ2v) is 6.35. The first-order valence-corrected chi connectivity index (χ1v) is 6.99. The highest BCUT2D eigenvalue weighted by molar-refractivity contribution is 6.10. The summed E-state index contributed by atoms with van der Waals surface area (Å²) in [6.07, 6.45) is -0.263. The average Bonchev–Trinajstić information content (AvgIpc) is 2.88. The number of amides is 2. The van der Waals surface area contributed by atoms with E-state index in [0.717, 1.165) is 0 Å². The van der Waals surface area contributed by atoms with Gasteiger partial charge in [0.2, 0.25) is 11.8 Å².